The molecule has 0 radical (unpaired) electrons. The number of ether oxygens (including phenoxy) is 4. The van der Waals surface area contributed by atoms with Gasteiger partial charge in [0.25, 0.3) is 0 Å². The van der Waals surface area contributed by atoms with E-state index in [1.54, 1.807) is 7.11 Å². The van der Waals surface area contributed by atoms with Gasteiger partial charge in [0.05, 0.1) is 39.6 Å². The third-order valence-electron chi connectivity index (χ3n) is 6.39. The Bertz CT molecular complexity index is 1090. The number of hydrogen-bond acceptors (Lipinski definition) is 5. The van der Waals surface area contributed by atoms with Crippen LogP contribution >= 0.6 is 0 Å². The van der Waals surface area contributed by atoms with Crippen molar-refractivity contribution in [2.45, 2.75) is 77.2 Å². The largest absolute Gasteiger partial charge is 0.497 e. The monoisotopic (exact) mass is 530 g/mol. The second kappa shape index (κ2) is 18.2. The van der Waals surface area contributed by atoms with Crippen LogP contribution in [-0.2, 0) is 34.0 Å². The number of aliphatic hydroxyl groups excluding tert-OH is 1. The quantitative estimate of drug-likeness (QED) is 0.155. The summed E-state index contributed by atoms with van der Waals surface area (Å²) in [6, 6.07) is 27.7. The third kappa shape index (κ3) is 11.6. The van der Waals surface area contributed by atoms with Gasteiger partial charge < -0.3 is 24.1 Å². The molecule has 0 aromatic heterocycles. The molecule has 0 aliphatic rings. The summed E-state index contributed by atoms with van der Waals surface area (Å²) in [7, 11) is 1.65. The molecule has 208 valence electrons. The van der Waals surface area contributed by atoms with Crippen LogP contribution < -0.4 is 4.74 Å². The first-order chi connectivity index (χ1) is 19.2. The number of benzene rings is 3. The van der Waals surface area contributed by atoms with Crippen molar-refractivity contribution in [1.29, 1.82) is 0 Å². The molecule has 5 nitrogen and oxygen atoms in total. The summed E-state index contributed by atoms with van der Waals surface area (Å²) >= 11 is 0. The Hall–Kier alpha value is -3.14. The van der Waals surface area contributed by atoms with Gasteiger partial charge in [0, 0.05) is 12.8 Å². The molecule has 0 aliphatic heterocycles. The number of hydrogen-bond donors (Lipinski definition) is 1. The zero-order valence-electron chi connectivity index (χ0n) is 23.3. The summed E-state index contributed by atoms with van der Waals surface area (Å²) in [4.78, 5) is 0. The lowest BCUT2D eigenvalue weighted by atomic mass is 10.0. The molecule has 39 heavy (non-hydrogen) atoms. The van der Waals surface area contributed by atoms with Gasteiger partial charge in [-0.2, -0.15) is 0 Å². The van der Waals surface area contributed by atoms with Crippen molar-refractivity contribution in [1.82, 2.24) is 0 Å². The number of rotatable bonds is 17. The molecule has 0 unspecified atom stereocenters. The van der Waals surface area contributed by atoms with Gasteiger partial charge in [-0.25, -0.2) is 0 Å². The topological polar surface area (TPSA) is 57.2 Å². The van der Waals surface area contributed by atoms with E-state index >= 15 is 0 Å². The summed E-state index contributed by atoms with van der Waals surface area (Å²) in [5.41, 5.74) is 3.10. The normalized spacial score (nSPS) is 13.2. The van der Waals surface area contributed by atoms with E-state index in [-0.39, 0.29) is 6.61 Å². The second-order valence-electron chi connectivity index (χ2n) is 9.54. The Morgan fingerprint density at radius 1 is 0.718 bits per heavy atom. The molecule has 0 amide bonds. The average molecular weight is 531 g/mol. The minimum Gasteiger partial charge on any atom is -0.497 e. The van der Waals surface area contributed by atoms with Crippen LogP contribution in [0, 0.1) is 11.8 Å². The standard InChI is InChI=1S/C34H42O5/c1-3-4-5-6-7-14-19-32(35)34(39-26-29-17-12-9-13-18-29)33(27-37-24-28-15-10-8-11-16-28)38-25-30-20-22-31(36-2)23-21-30/h8-13,15-18,20-23,32-35H,3-6,19,24-27H2,1-2H3/t32-,33-,34-/m1/s1. The highest BCUT2D eigenvalue weighted by molar-refractivity contribution is 5.26. The molecular weight excluding hydrogens is 488 g/mol. The fourth-order valence-corrected chi connectivity index (χ4v) is 4.11. The van der Waals surface area contributed by atoms with E-state index in [4.69, 9.17) is 18.9 Å². The first-order valence-corrected chi connectivity index (χ1v) is 13.8. The van der Waals surface area contributed by atoms with E-state index in [0.717, 1.165) is 41.7 Å². The van der Waals surface area contributed by atoms with E-state index < -0.39 is 18.3 Å². The van der Waals surface area contributed by atoms with Crippen LogP contribution in [0.25, 0.3) is 0 Å². The van der Waals surface area contributed by atoms with Crippen LogP contribution in [0.3, 0.4) is 0 Å². The van der Waals surface area contributed by atoms with Crippen LogP contribution in [-0.4, -0.2) is 37.1 Å². The molecule has 0 aliphatic carbocycles. The SMILES string of the molecule is CCCCCC#CC[C@@H](O)[C@@H](OCc1ccccc1)[C@@H](COCc1ccccc1)OCc1ccc(OC)cc1. The van der Waals surface area contributed by atoms with Crippen LogP contribution in [0.4, 0.5) is 0 Å². The van der Waals surface area contributed by atoms with Gasteiger partial charge >= 0.3 is 0 Å². The number of unbranched alkanes of at least 4 members (excludes halogenated alkanes) is 3. The van der Waals surface area contributed by atoms with E-state index in [1.807, 2.05) is 84.9 Å². The summed E-state index contributed by atoms with van der Waals surface area (Å²) in [5, 5.41) is 11.3. The zero-order chi connectivity index (χ0) is 27.5. The first-order valence-electron chi connectivity index (χ1n) is 13.8. The smallest absolute Gasteiger partial charge is 0.118 e. The lowest BCUT2D eigenvalue weighted by Crippen LogP contribution is -2.43. The maximum absolute atomic E-state index is 11.3. The van der Waals surface area contributed by atoms with E-state index in [0.29, 0.717) is 26.2 Å². The van der Waals surface area contributed by atoms with Gasteiger partial charge in [-0.15, -0.1) is 11.8 Å². The molecule has 0 bridgehead atoms. The predicted octanol–water partition coefficient (Wildman–Crippen LogP) is 6.72. The average Bonchev–Trinajstić information content (AvgIpc) is 2.98. The molecule has 1 N–H and O–H groups in total. The van der Waals surface area contributed by atoms with Gasteiger partial charge in [0.2, 0.25) is 0 Å². The summed E-state index contributed by atoms with van der Waals surface area (Å²) in [6.07, 6.45) is 2.61. The van der Waals surface area contributed by atoms with Crippen molar-refractivity contribution >= 4 is 0 Å². The lowest BCUT2D eigenvalue weighted by Gasteiger charge is -2.30. The molecule has 0 saturated heterocycles. The Morgan fingerprint density at radius 2 is 1.33 bits per heavy atom. The van der Waals surface area contributed by atoms with Crippen LogP contribution in [0.15, 0.2) is 84.9 Å². The summed E-state index contributed by atoms with van der Waals surface area (Å²) in [5.74, 6) is 7.15. The minimum atomic E-state index is -0.825. The van der Waals surface area contributed by atoms with Crippen LogP contribution in [0.1, 0.15) is 55.7 Å². The first kappa shape index (κ1) is 30.4. The van der Waals surface area contributed by atoms with Crippen molar-refractivity contribution in [2.75, 3.05) is 13.7 Å². The molecule has 3 rings (SSSR count). The van der Waals surface area contributed by atoms with E-state index in [9.17, 15) is 5.11 Å². The van der Waals surface area contributed by atoms with Gasteiger partial charge in [-0.3, -0.25) is 0 Å². The maximum Gasteiger partial charge on any atom is 0.118 e. The van der Waals surface area contributed by atoms with Crippen molar-refractivity contribution in [3.63, 3.8) is 0 Å². The number of aliphatic hydroxyl groups is 1. The zero-order valence-corrected chi connectivity index (χ0v) is 23.3. The molecule has 3 aromatic rings. The Labute approximate surface area is 234 Å². The van der Waals surface area contributed by atoms with E-state index in [2.05, 4.69) is 18.8 Å². The maximum atomic E-state index is 11.3. The molecule has 0 fully saturated rings. The van der Waals surface area contributed by atoms with Gasteiger partial charge in [0.15, 0.2) is 0 Å². The highest BCUT2D eigenvalue weighted by Gasteiger charge is 2.30. The number of methoxy groups -OCH3 is 1. The minimum absolute atomic E-state index is 0.269. The molecule has 0 heterocycles. The third-order valence-corrected chi connectivity index (χ3v) is 6.39. The fourth-order valence-electron chi connectivity index (χ4n) is 4.11. The fraction of sp³-hybridized carbons (Fsp3) is 0.412. The molecular formula is C34H42O5. The molecule has 3 atom stereocenters. The van der Waals surface area contributed by atoms with Gasteiger partial charge in [-0.1, -0.05) is 92.6 Å². The lowest BCUT2D eigenvalue weighted by molar-refractivity contribution is -0.151. The van der Waals surface area contributed by atoms with Crippen molar-refractivity contribution in [3.05, 3.63) is 102 Å². The summed E-state index contributed by atoms with van der Waals surface area (Å²) < 4.78 is 24.1. The van der Waals surface area contributed by atoms with Gasteiger partial charge in [0.1, 0.15) is 18.0 Å². The van der Waals surface area contributed by atoms with Crippen molar-refractivity contribution in [2.24, 2.45) is 0 Å². The van der Waals surface area contributed by atoms with Crippen LogP contribution in [0.5, 0.6) is 5.75 Å². The van der Waals surface area contributed by atoms with Gasteiger partial charge in [-0.05, 0) is 35.2 Å². The Kier molecular flexibility index (Phi) is 14.2. The molecule has 5 heteroatoms. The second-order valence-corrected chi connectivity index (χ2v) is 9.54. The highest BCUT2D eigenvalue weighted by atomic mass is 16.6. The highest BCUT2D eigenvalue weighted by Crippen LogP contribution is 2.19. The Morgan fingerprint density at radius 3 is 1.97 bits per heavy atom. The molecule has 0 spiro atoms. The Balaban J connectivity index is 1.73. The van der Waals surface area contributed by atoms with E-state index in [1.165, 1.54) is 6.42 Å². The van der Waals surface area contributed by atoms with Crippen molar-refractivity contribution < 1.29 is 24.1 Å². The molecule has 3 aromatic carbocycles. The molecule has 0 saturated carbocycles. The summed E-state index contributed by atoms with van der Waals surface area (Å²) in [6.45, 7) is 3.60. The van der Waals surface area contributed by atoms with Crippen molar-refractivity contribution in [3.8, 4) is 17.6 Å². The van der Waals surface area contributed by atoms with Crippen LogP contribution in [0.2, 0.25) is 0 Å². The predicted molar refractivity (Wildman–Crippen MR) is 155 cm³/mol.